The predicted molar refractivity (Wildman–Crippen MR) is 91.5 cm³/mol. The van der Waals surface area contributed by atoms with E-state index in [2.05, 4.69) is 34.6 Å². The van der Waals surface area contributed by atoms with Crippen LogP contribution in [-0.2, 0) is 11.2 Å². The summed E-state index contributed by atoms with van der Waals surface area (Å²) < 4.78 is 5.66. The highest BCUT2D eigenvalue weighted by Crippen LogP contribution is 2.24. The van der Waals surface area contributed by atoms with Crippen LogP contribution < -0.4 is 5.32 Å². The number of thioether (sulfide) groups is 1. The molecule has 0 saturated heterocycles. The molecule has 0 bridgehead atoms. The zero-order chi connectivity index (χ0) is 16.7. The molecule has 124 valence electrons. The molecule has 2 aromatic rings. The first-order valence-corrected chi connectivity index (χ1v) is 8.79. The van der Waals surface area contributed by atoms with Gasteiger partial charge in [0.1, 0.15) is 0 Å². The summed E-state index contributed by atoms with van der Waals surface area (Å²) >= 11 is 1.29. The molecule has 0 radical (unpaired) electrons. The molecule has 0 aliphatic carbocycles. The van der Waals surface area contributed by atoms with Crippen molar-refractivity contribution >= 4 is 17.7 Å². The lowest BCUT2D eigenvalue weighted by molar-refractivity contribution is -0.120. The quantitative estimate of drug-likeness (QED) is 0.750. The smallest absolute Gasteiger partial charge is 0.277 e. The van der Waals surface area contributed by atoms with Crippen molar-refractivity contribution in [2.24, 2.45) is 0 Å². The number of rotatable bonds is 8. The molecule has 0 spiro atoms. The lowest BCUT2D eigenvalue weighted by Gasteiger charge is -2.09. The van der Waals surface area contributed by atoms with Gasteiger partial charge >= 0.3 is 0 Å². The zero-order valence-electron chi connectivity index (χ0n) is 13.8. The van der Waals surface area contributed by atoms with E-state index in [1.54, 1.807) is 0 Å². The van der Waals surface area contributed by atoms with Gasteiger partial charge in [-0.15, -0.1) is 10.2 Å². The number of carbonyl (C=O) groups is 1. The number of nitrogens with zero attached hydrogens (tertiary/aromatic N) is 2. The minimum Gasteiger partial charge on any atom is -0.416 e. The number of carbonyl (C=O) groups excluding carboxylic acids is 1. The van der Waals surface area contributed by atoms with Crippen LogP contribution in [0.3, 0.4) is 0 Å². The zero-order valence-corrected chi connectivity index (χ0v) is 14.6. The van der Waals surface area contributed by atoms with Crippen LogP contribution in [0.25, 0.3) is 0 Å². The largest absolute Gasteiger partial charge is 0.416 e. The van der Waals surface area contributed by atoms with Gasteiger partial charge in [-0.25, -0.2) is 0 Å². The summed E-state index contributed by atoms with van der Waals surface area (Å²) in [4.78, 5) is 11.9. The highest BCUT2D eigenvalue weighted by molar-refractivity contribution is 8.00. The molecular weight excluding hydrogens is 310 g/mol. The van der Waals surface area contributed by atoms with E-state index in [-0.39, 0.29) is 11.2 Å². The SMILES string of the molecule is CCCNC(=O)C(C)Sc1nnc(CC(C)c2ccccc2)o1. The first-order valence-electron chi connectivity index (χ1n) is 7.91. The average Bonchev–Trinajstić information content (AvgIpc) is 3.00. The fourth-order valence-corrected chi connectivity index (χ4v) is 2.85. The van der Waals surface area contributed by atoms with Gasteiger partial charge in [-0.3, -0.25) is 4.79 Å². The second kappa shape index (κ2) is 8.72. The summed E-state index contributed by atoms with van der Waals surface area (Å²) in [7, 11) is 0. The summed E-state index contributed by atoms with van der Waals surface area (Å²) in [6.45, 7) is 6.68. The predicted octanol–water partition coefficient (Wildman–Crippen LogP) is 3.42. The maximum Gasteiger partial charge on any atom is 0.277 e. The topological polar surface area (TPSA) is 68.0 Å². The minimum atomic E-state index is -0.249. The summed E-state index contributed by atoms with van der Waals surface area (Å²) in [5, 5.41) is 11.2. The second-order valence-corrected chi connectivity index (χ2v) is 6.82. The third-order valence-electron chi connectivity index (χ3n) is 3.49. The Balaban J connectivity index is 1.89. The van der Waals surface area contributed by atoms with Crippen LogP contribution in [0.1, 0.15) is 44.6 Å². The molecule has 5 nitrogen and oxygen atoms in total. The number of nitrogens with one attached hydrogen (secondary N) is 1. The Morgan fingerprint density at radius 3 is 2.70 bits per heavy atom. The molecule has 1 heterocycles. The fourth-order valence-electron chi connectivity index (χ4n) is 2.13. The maximum atomic E-state index is 11.9. The molecule has 1 amide bonds. The fraction of sp³-hybridized carbons (Fsp3) is 0.471. The van der Waals surface area contributed by atoms with E-state index >= 15 is 0 Å². The lowest BCUT2D eigenvalue weighted by Crippen LogP contribution is -2.31. The first kappa shape index (κ1) is 17.5. The minimum absolute atomic E-state index is 0.00532. The average molecular weight is 333 g/mol. The molecule has 0 fully saturated rings. The molecule has 1 aromatic heterocycles. The van der Waals surface area contributed by atoms with Crippen molar-refractivity contribution < 1.29 is 9.21 Å². The van der Waals surface area contributed by atoms with Crippen LogP contribution in [0.4, 0.5) is 0 Å². The monoisotopic (exact) mass is 333 g/mol. The number of aromatic nitrogens is 2. The summed E-state index contributed by atoms with van der Waals surface area (Å²) in [5.41, 5.74) is 1.24. The van der Waals surface area contributed by atoms with Gasteiger partial charge < -0.3 is 9.73 Å². The van der Waals surface area contributed by atoms with Gasteiger partial charge in [0.15, 0.2) is 0 Å². The van der Waals surface area contributed by atoms with E-state index in [4.69, 9.17) is 4.42 Å². The molecular formula is C17H23N3O2S. The van der Waals surface area contributed by atoms with Crippen LogP contribution in [-0.4, -0.2) is 27.9 Å². The third-order valence-corrected chi connectivity index (χ3v) is 4.43. The Labute approximate surface area is 141 Å². The molecule has 1 N–H and O–H groups in total. The molecule has 0 aliphatic rings. The van der Waals surface area contributed by atoms with Crippen molar-refractivity contribution in [3.05, 3.63) is 41.8 Å². The van der Waals surface area contributed by atoms with Crippen molar-refractivity contribution in [1.82, 2.24) is 15.5 Å². The van der Waals surface area contributed by atoms with Crippen molar-refractivity contribution in [3.8, 4) is 0 Å². The van der Waals surface area contributed by atoms with E-state index in [1.807, 2.05) is 32.0 Å². The highest BCUT2D eigenvalue weighted by Gasteiger charge is 2.18. The Morgan fingerprint density at radius 2 is 2.00 bits per heavy atom. The van der Waals surface area contributed by atoms with Gasteiger partial charge in [0.2, 0.25) is 11.8 Å². The van der Waals surface area contributed by atoms with E-state index in [1.165, 1.54) is 17.3 Å². The summed E-state index contributed by atoms with van der Waals surface area (Å²) in [5.74, 6) is 0.902. The second-order valence-electron chi connectivity index (χ2n) is 5.53. The van der Waals surface area contributed by atoms with E-state index in [9.17, 15) is 4.79 Å². The van der Waals surface area contributed by atoms with Gasteiger partial charge in [0, 0.05) is 13.0 Å². The Hall–Kier alpha value is -1.82. The Kier molecular flexibility index (Phi) is 6.65. The van der Waals surface area contributed by atoms with Crippen molar-refractivity contribution in [1.29, 1.82) is 0 Å². The number of benzene rings is 1. The molecule has 6 heteroatoms. The van der Waals surface area contributed by atoms with Crippen molar-refractivity contribution in [2.45, 2.75) is 50.0 Å². The van der Waals surface area contributed by atoms with Crippen LogP contribution in [0, 0.1) is 0 Å². The highest BCUT2D eigenvalue weighted by atomic mass is 32.2. The van der Waals surface area contributed by atoms with Crippen molar-refractivity contribution in [2.75, 3.05) is 6.54 Å². The molecule has 0 saturated carbocycles. The van der Waals surface area contributed by atoms with Crippen molar-refractivity contribution in [3.63, 3.8) is 0 Å². The van der Waals surface area contributed by atoms with Gasteiger partial charge in [-0.05, 0) is 24.8 Å². The molecule has 2 rings (SSSR count). The van der Waals surface area contributed by atoms with Gasteiger partial charge in [0.05, 0.1) is 5.25 Å². The van der Waals surface area contributed by atoms with Crippen LogP contribution in [0.5, 0.6) is 0 Å². The van der Waals surface area contributed by atoms with E-state index < -0.39 is 0 Å². The summed E-state index contributed by atoms with van der Waals surface area (Å²) in [6, 6.07) is 10.2. The molecule has 2 atom stereocenters. The van der Waals surface area contributed by atoms with E-state index in [0.29, 0.717) is 30.0 Å². The van der Waals surface area contributed by atoms with Gasteiger partial charge in [-0.1, -0.05) is 55.9 Å². The van der Waals surface area contributed by atoms with Crippen LogP contribution >= 0.6 is 11.8 Å². The maximum absolute atomic E-state index is 11.9. The van der Waals surface area contributed by atoms with Crippen LogP contribution in [0.15, 0.2) is 40.0 Å². The lowest BCUT2D eigenvalue weighted by atomic mass is 9.98. The first-order chi connectivity index (χ1) is 11.1. The molecule has 1 aromatic carbocycles. The number of hydrogen-bond acceptors (Lipinski definition) is 5. The molecule has 2 unspecified atom stereocenters. The number of amides is 1. The molecule has 23 heavy (non-hydrogen) atoms. The normalized spacial score (nSPS) is 13.5. The van der Waals surface area contributed by atoms with Crippen LogP contribution in [0.2, 0.25) is 0 Å². The standard InChI is InChI=1S/C17H23N3O2S/c1-4-10-18-16(21)13(3)23-17-20-19-15(22-17)11-12(2)14-8-6-5-7-9-14/h5-9,12-13H,4,10-11H2,1-3H3,(H,18,21). The Morgan fingerprint density at radius 1 is 1.26 bits per heavy atom. The Bertz CT molecular complexity index is 615. The van der Waals surface area contributed by atoms with Gasteiger partial charge in [-0.2, -0.15) is 0 Å². The van der Waals surface area contributed by atoms with Gasteiger partial charge in [0.25, 0.3) is 5.22 Å². The van der Waals surface area contributed by atoms with E-state index in [0.717, 1.165) is 6.42 Å². The third kappa shape index (κ3) is 5.39. The summed E-state index contributed by atoms with van der Waals surface area (Å²) in [6.07, 6.45) is 1.61. The number of hydrogen-bond donors (Lipinski definition) is 1. The molecule has 0 aliphatic heterocycles.